The maximum atomic E-state index is 3.71. The summed E-state index contributed by atoms with van der Waals surface area (Å²) in [5.41, 5.74) is 0. The largest absolute Gasteiger partial charge is 0.330 e. The topological polar surface area (TPSA) is 0 Å². The van der Waals surface area contributed by atoms with Crippen LogP contribution in [0.3, 0.4) is 0 Å². The molecule has 0 radical (unpaired) electrons. The zero-order valence-electron chi connectivity index (χ0n) is 10.7. The second kappa shape index (κ2) is 5.80. The number of rotatable bonds is 5. The van der Waals surface area contributed by atoms with Crippen LogP contribution in [-0.2, 0) is 0 Å². The lowest BCUT2D eigenvalue weighted by Gasteiger charge is -2.27. The Hall–Kier alpha value is 0.620. The van der Waals surface area contributed by atoms with Crippen molar-refractivity contribution in [2.45, 2.75) is 4.83 Å². The molecule has 0 aliphatic carbocycles. The highest BCUT2D eigenvalue weighted by Gasteiger charge is 2.18. The molecule has 4 heteroatoms. The van der Waals surface area contributed by atoms with Crippen LogP contribution in [0.2, 0.25) is 0 Å². The summed E-state index contributed by atoms with van der Waals surface area (Å²) in [5, 5.41) is 0. The molecule has 0 aromatic rings. The van der Waals surface area contributed by atoms with Crippen molar-refractivity contribution in [3.8, 4) is 0 Å². The number of quaternary nitrogens is 2. The molecule has 0 aromatic carbocycles. The van der Waals surface area contributed by atoms with Crippen LogP contribution in [-0.4, -0.2) is 69.2 Å². The monoisotopic (exact) mass is 342 g/mol. The maximum Gasteiger partial charge on any atom is 0.0978 e. The van der Waals surface area contributed by atoms with Gasteiger partial charge in [-0.1, -0.05) is 31.9 Å². The lowest BCUT2D eigenvalue weighted by molar-refractivity contribution is -0.869. The molecule has 0 N–H and O–H groups in total. The fraction of sp³-hybridized carbons (Fsp3) is 0.818. The molecule has 0 bridgehead atoms. The summed E-state index contributed by atoms with van der Waals surface area (Å²) in [5.74, 6) is 0. The fourth-order valence-corrected chi connectivity index (χ4v) is 2.40. The SMILES string of the molecule is C[N+](C)(C)CC=C(Br)C(Br)C[N+](C)(C)C. The first kappa shape index (κ1) is 15.6. The van der Waals surface area contributed by atoms with Gasteiger partial charge in [-0.05, 0) is 6.08 Å². The predicted octanol–water partition coefficient (Wildman–Crippen LogP) is 2.44. The second-order valence-electron chi connectivity index (χ2n) is 6.00. The van der Waals surface area contributed by atoms with Crippen molar-refractivity contribution in [1.29, 1.82) is 0 Å². The van der Waals surface area contributed by atoms with Gasteiger partial charge >= 0.3 is 0 Å². The quantitative estimate of drug-likeness (QED) is 0.531. The third-order valence-electron chi connectivity index (χ3n) is 1.84. The van der Waals surface area contributed by atoms with Gasteiger partial charge in [0.25, 0.3) is 0 Å². The molecule has 0 fully saturated rings. The third-order valence-corrected chi connectivity index (χ3v) is 4.11. The fourth-order valence-electron chi connectivity index (χ4n) is 1.06. The van der Waals surface area contributed by atoms with Gasteiger partial charge in [0.05, 0.1) is 60.2 Å². The first-order valence-electron chi connectivity index (χ1n) is 5.12. The normalized spacial score (nSPS) is 16.7. The van der Waals surface area contributed by atoms with E-state index in [-0.39, 0.29) is 0 Å². The molecule has 0 saturated carbocycles. The van der Waals surface area contributed by atoms with E-state index in [1.54, 1.807) is 0 Å². The van der Waals surface area contributed by atoms with E-state index in [4.69, 9.17) is 0 Å². The van der Waals surface area contributed by atoms with Crippen LogP contribution >= 0.6 is 31.9 Å². The van der Waals surface area contributed by atoms with Crippen LogP contribution in [0.15, 0.2) is 10.6 Å². The summed E-state index contributed by atoms with van der Waals surface area (Å²) in [6, 6.07) is 0. The smallest absolute Gasteiger partial charge is 0.0978 e. The van der Waals surface area contributed by atoms with E-state index in [2.05, 4.69) is 80.2 Å². The highest BCUT2D eigenvalue weighted by molar-refractivity contribution is 9.14. The van der Waals surface area contributed by atoms with Crippen molar-refractivity contribution >= 4 is 31.9 Å². The minimum atomic E-state index is 0.407. The van der Waals surface area contributed by atoms with E-state index >= 15 is 0 Å². The van der Waals surface area contributed by atoms with E-state index in [9.17, 15) is 0 Å². The maximum absolute atomic E-state index is 3.71. The third kappa shape index (κ3) is 9.54. The number of nitrogens with zero attached hydrogens (tertiary/aromatic N) is 2. The number of alkyl halides is 1. The van der Waals surface area contributed by atoms with Gasteiger partial charge < -0.3 is 8.97 Å². The minimum Gasteiger partial charge on any atom is -0.330 e. The van der Waals surface area contributed by atoms with Gasteiger partial charge in [-0.3, -0.25) is 0 Å². The standard InChI is InChI=1S/C11H24Br2N2/c1-14(2,3)8-7-10(12)11(13)9-15(4,5)6/h7,11H,8-9H2,1-6H3/q+2. The Labute approximate surface area is 111 Å². The van der Waals surface area contributed by atoms with E-state index < -0.39 is 0 Å². The predicted molar refractivity (Wildman–Crippen MR) is 75.5 cm³/mol. The summed E-state index contributed by atoms with van der Waals surface area (Å²) in [6.07, 6.45) is 2.26. The zero-order valence-corrected chi connectivity index (χ0v) is 13.9. The molecule has 0 heterocycles. The Morgan fingerprint density at radius 1 is 1.07 bits per heavy atom. The average molecular weight is 344 g/mol. The molecule has 90 valence electrons. The first-order valence-corrected chi connectivity index (χ1v) is 6.83. The number of hydrogen-bond donors (Lipinski definition) is 0. The Kier molecular flexibility index (Phi) is 6.04. The first-order chi connectivity index (χ1) is 6.51. The zero-order chi connectivity index (χ0) is 12.3. The van der Waals surface area contributed by atoms with Gasteiger partial charge in [0, 0.05) is 4.48 Å². The minimum absolute atomic E-state index is 0.407. The van der Waals surface area contributed by atoms with Gasteiger partial charge in [0.2, 0.25) is 0 Å². The van der Waals surface area contributed by atoms with Crippen LogP contribution in [0.25, 0.3) is 0 Å². The molecule has 2 nitrogen and oxygen atoms in total. The summed E-state index contributed by atoms with van der Waals surface area (Å²) in [7, 11) is 13.2. The van der Waals surface area contributed by atoms with Crippen molar-refractivity contribution in [2.75, 3.05) is 55.4 Å². The van der Waals surface area contributed by atoms with Crippen LogP contribution in [0.4, 0.5) is 0 Å². The molecule has 0 saturated heterocycles. The summed E-state index contributed by atoms with van der Waals surface area (Å²) in [4.78, 5) is 0.407. The molecule has 15 heavy (non-hydrogen) atoms. The molecule has 0 rings (SSSR count). The molecule has 0 aliphatic rings. The summed E-state index contributed by atoms with van der Waals surface area (Å²) < 4.78 is 3.17. The second-order valence-corrected chi connectivity index (χ2v) is 8.02. The van der Waals surface area contributed by atoms with E-state index in [1.807, 2.05) is 0 Å². The highest BCUT2D eigenvalue weighted by atomic mass is 79.9. The van der Waals surface area contributed by atoms with Crippen LogP contribution in [0.5, 0.6) is 0 Å². The van der Waals surface area contributed by atoms with Crippen molar-refractivity contribution in [3.63, 3.8) is 0 Å². The van der Waals surface area contributed by atoms with E-state index in [1.165, 1.54) is 4.48 Å². The number of halogens is 2. The van der Waals surface area contributed by atoms with Crippen molar-refractivity contribution in [3.05, 3.63) is 10.6 Å². The van der Waals surface area contributed by atoms with Crippen molar-refractivity contribution in [2.24, 2.45) is 0 Å². The molecule has 0 amide bonds. The van der Waals surface area contributed by atoms with Crippen LogP contribution in [0, 0.1) is 0 Å². The summed E-state index contributed by atoms with van der Waals surface area (Å²) in [6.45, 7) is 2.12. The molecule has 1 atom stereocenters. The Morgan fingerprint density at radius 2 is 1.53 bits per heavy atom. The molecular weight excluding hydrogens is 320 g/mol. The molecular formula is C11H24Br2N2+2. The number of likely N-dealkylation sites (N-methyl/N-ethyl adjacent to an activating group) is 1. The Balaban J connectivity index is 4.26. The van der Waals surface area contributed by atoms with Gasteiger partial charge in [0.15, 0.2) is 0 Å². The van der Waals surface area contributed by atoms with E-state index in [0.29, 0.717) is 4.83 Å². The molecule has 0 aliphatic heterocycles. The highest BCUT2D eigenvalue weighted by Crippen LogP contribution is 2.21. The van der Waals surface area contributed by atoms with Crippen LogP contribution < -0.4 is 0 Å². The van der Waals surface area contributed by atoms with Gasteiger partial charge in [-0.25, -0.2) is 0 Å². The Morgan fingerprint density at radius 3 is 1.87 bits per heavy atom. The molecule has 1 unspecified atom stereocenters. The molecule has 0 spiro atoms. The van der Waals surface area contributed by atoms with Crippen molar-refractivity contribution < 1.29 is 8.97 Å². The van der Waals surface area contributed by atoms with Gasteiger partial charge in [-0.2, -0.15) is 0 Å². The Bertz CT molecular complexity index is 224. The number of hydrogen-bond acceptors (Lipinski definition) is 0. The van der Waals surface area contributed by atoms with Gasteiger partial charge in [0.1, 0.15) is 0 Å². The van der Waals surface area contributed by atoms with Crippen molar-refractivity contribution in [1.82, 2.24) is 0 Å². The van der Waals surface area contributed by atoms with Gasteiger partial charge in [-0.15, -0.1) is 0 Å². The van der Waals surface area contributed by atoms with Crippen LogP contribution in [0.1, 0.15) is 0 Å². The molecule has 0 aromatic heterocycles. The average Bonchev–Trinajstić information content (AvgIpc) is 1.95. The van der Waals surface area contributed by atoms with E-state index in [0.717, 1.165) is 22.1 Å². The lowest BCUT2D eigenvalue weighted by atomic mass is 10.3. The summed E-state index contributed by atoms with van der Waals surface area (Å²) >= 11 is 7.35. The lowest BCUT2D eigenvalue weighted by Crippen LogP contribution is -2.40.